The maximum atomic E-state index is 12.8. The van der Waals surface area contributed by atoms with E-state index in [1.165, 1.54) is 11.1 Å². The van der Waals surface area contributed by atoms with Crippen LogP contribution in [0.4, 0.5) is 0 Å². The molecule has 0 amide bonds. The number of hydrogen-bond acceptors (Lipinski definition) is 8. The molecule has 4 aliphatic carbocycles. The second-order valence-electron chi connectivity index (χ2n) is 17.1. The first-order chi connectivity index (χ1) is 26.0. The summed E-state index contributed by atoms with van der Waals surface area (Å²) in [6.45, 7) is 8.83. The van der Waals surface area contributed by atoms with Crippen molar-refractivity contribution in [2.24, 2.45) is 40.9 Å². The molecule has 6 rings (SSSR count). The summed E-state index contributed by atoms with van der Waals surface area (Å²) in [5, 5.41) is 64.1. The van der Waals surface area contributed by atoms with Crippen LogP contribution in [0, 0.1) is 40.9 Å². The third kappa shape index (κ3) is 7.86. The molecule has 8 heteroatoms. The maximum absolute atomic E-state index is 12.8. The van der Waals surface area contributed by atoms with Crippen LogP contribution in [0.1, 0.15) is 76.3 Å². The van der Waals surface area contributed by atoms with Gasteiger partial charge in [0.15, 0.2) is 0 Å². The fourth-order valence-corrected chi connectivity index (χ4v) is 11.3. The van der Waals surface area contributed by atoms with Crippen LogP contribution in [0.25, 0.3) is 0 Å². The van der Waals surface area contributed by atoms with Crippen LogP contribution in [0.2, 0.25) is 0 Å². The Hall–Kier alpha value is -2.95. The van der Waals surface area contributed by atoms with Crippen LogP contribution in [0.15, 0.2) is 95.2 Å². The molecule has 11 atom stereocenters. The summed E-state index contributed by atoms with van der Waals surface area (Å²) in [7, 11) is 1.86. The number of rotatable bonds is 11. The molecule has 1 heterocycles. The molecule has 1 spiro atoms. The number of fused-ring (bicyclic) bond motifs is 6. The first kappa shape index (κ1) is 40.7. The lowest BCUT2D eigenvalue weighted by molar-refractivity contribution is -0.194. The minimum absolute atomic E-state index is 0.0360. The molecule has 1 aromatic carbocycles. The van der Waals surface area contributed by atoms with E-state index >= 15 is 0 Å². The number of carbonyl (C=O) groups is 1. The number of carbonyl (C=O) groups excluding carboxylic acids is 1. The van der Waals surface area contributed by atoms with Gasteiger partial charge in [-0.2, -0.15) is 0 Å². The van der Waals surface area contributed by atoms with E-state index < -0.39 is 29.3 Å². The van der Waals surface area contributed by atoms with Gasteiger partial charge in [-0.3, -0.25) is 10.1 Å². The van der Waals surface area contributed by atoms with Crippen LogP contribution in [-0.4, -0.2) is 82.6 Å². The average Bonchev–Trinajstić information content (AvgIpc) is 3.51. The predicted molar refractivity (Wildman–Crippen MR) is 214 cm³/mol. The third-order valence-corrected chi connectivity index (χ3v) is 13.9. The predicted octanol–water partition coefficient (Wildman–Crippen LogP) is 5.27. The Morgan fingerprint density at radius 3 is 2.61 bits per heavy atom. The van der Waals surface area contributed by atoms with E-state index in [2.05, 4.69) is 66.6 Å². The topological polar surface area (TPSA) is 142 Å². The highest BCUT2D eigenvalue weighted by Gasteiger charge is 2.68. The summed E-state index contributed by atoms with van der Waals surface area (Å²) in [6, 6.07) is 8.88. The van der Waals surface area contributed by atoms with Crippen molar-refractivity contribution in [2.75, 3.05) is 26.8 Å². The summed E-state index contributed by atoms with van der Waals surface area (Å²) in [5.41, 5.74) is 4.66. The van der Waals surface area contributed by atoms with Crippen LogP contribution >= 0.6 is 0 Å². The Kier molecular flexibility index (Phi) is 13.2. The Morgan fingerprint density at radius 2 is 1.89 bits per heavy atom. The number of allylic oxidation sites excluding steroid dienone is 9. The monoisotopic (exact) mass is 740 g/mol. The number of aldehydes is 1. The smallest absolute Gasteiger partial charge is 0.145 e. The van der Waals surface area contributed by atoms with E-state index in [4.69, 9.17) is 0 Å². The first-order valence-corrected chi connectivity index (χ1v) is 20.4. The number of aliphatic hydroxyl groups is 5. The van der Waals surface area contributed by atoms with Crippen molar-refractivity contribution < 1.29 is 30.3 Å². The van der Waals surface area contributed by atoms with Crippen molar-refractivity contribution in [1.82, 2.24) is 10.6 Å². The van der Waals surface area contributed by atoms with Gasteiger partial charge < -0.3 is 30.8 Å². The summed E-state index contributed by atoms with van der Waals surface area (Å²) in [5.74, 6) is -0.635. The van der Waals surface area contributed by atoms with Gasteiger partial charge in [-0.1, -0.05) is 78.4 Å². The molecular weight excluding hydrogens is 677 g/mol. The minimum atomic E-state index is -1.23. The number of benzene rings is 1. The molecule has 294 valence electrons. The minimum Gasteiger partial charge on any atom is -0.396 e. The zero-order chi connectivity index (χ0) is 38.6. The van der Waals surface area contributed by atoms with Crippen molar-refractivity contribution in [3.8, 4) is 0 Å². The molecule has 2 saturated carbocycles. The van der Waals surface area contributed by atoms with Crippen molar-refractivity contribution in [3.63, 3.8) is 0 Å². The van der Waals surface area contributed by atoms with Gasteiger partial charge in [0.2, 0.25) is 0 Å². The molecule has 5 aliphatic rings. The van der Waals surface area contributed by atoms with Crippen LogP contribution in [-0.2, 0) is 17.6 Å². The van der Waals surface area contributed by atoms with Gasteiger partial charge in [0.25, 0.3) is 0 Å². The van der Waals surface area contributed by atoms with Gasteiger partial charge in [0.1, 0.15) is 12.5 Å². The summed E-state index contributed by atoms with van der Waals surface area (Å²) < 4.78 is 0. The maximum Gasteiger partial charge on any atom is 0.145 e. The molecule has 8 nitrogen and oxygen atoms in total. The van der Waals surface area contributed by atoms with E-state index in [-0.39, 0.29) is 48.8 Å². The largest absolute Gasteiger partial charge is 0.396 e. The fourth-order valence-electron chi connectivity index (χ4n) is 11.3. The fraction of sp³-hybridized carbons (Fsp3) is 0.587. The van der Waals surface area contributed by atoms with Crippen LogP contribution < -0.4 is 10.6 Å². The summed E-state index contributed by atoms with van der Waals surface area (Å²) in [4.78, 5) is 12.3. The van der Waals surface area contributed by atoms with Crippen molar-refractivity contribution >= 4 is 6.29 Å². The second-order valence-corrected chi connectivity index (χ2v) is 17.1. The molecule has 2 fully saturated rings. The first-order valence-electron chi connectivity index (χ1n) is 20.4. The molecular formula is C46H64N2O6. The highest BCUT2D eigenvalue weighted by molar-refractivity contribution is 5.74. The van der Waals surface area contributed by atoms with Gasteiger partial charge in [-0.25, -0.2) is 0 Å². The second kappa shape index (κ2) is 17.5. The van der Waals surface area contributed by atoms with Gasteiger partial charge in [-0.15, -0.1) is 0 Å². The lowest BCUT2D eigenvalue weighted by Crippen LogP contribution is -2.65. The van der Waals surface area contributed by atoms with E-state index in [1.54, 1.807) is 0 Å². The zero-order valence-corrected chi connectivity index (χ0v) is 32.6. The Balaban J connectivity index is 1.32. The Morgan fingerprint density at radius 1 is 1.11 bits per heavy atom. The molecule has 0 unspecified atom stereocenters. The molecule has 0 radical (unpaired) electrons. The molecule has 6 bridgehead atoms. The zero-order valence-electron chi connectivity index (χ0n) is 32.6. The third-order valence-electron chi connectivity index (χ3n) is 13.9. The van der Waals surface area contributed by atoms with E-state index in [1.807, 2.05) is 32.2 Å². The molecule has 54 heavy (non-hydrogen) atoms. The number of nitrogens with one attached hydrogen (secondary N) is 2. The lowest BCUT2D eigenvalue weighted by atomic mass is 9.45. The highest BCUT2D eigenvalue weighted by Crippen LogP contribution is 2.67. The molecule has 7 N–H and O–H groups in total. The van der Waals surface area contributed by atoms with E-state index in [9.17, 15) is 30.3 Å². The Labute approximate surface area is 322 Å². The van der Waals surface area contributed by atoms with Crippen molar-refractivity contribution in [2.45, 2.75) is 102 Å². The van der Waals surface area contributed by atoms with Gasteiger partial charge in [0.05, 0.1) is 18.3 Å². The highest BCUT2D eigenvalue weighted by atomic mass is 16.3. The van der Waals surface area contributed by atoms with Gasteiger partial charge in [0, 0.05) is 29.9 Å². The van der Waals surface area contributed by atoms with Crippen molar-refractivity contribution in [3.05, 3.63) is 106 Å². The lowest BCUT2D eigenvalue weighted by Gasteiger charge is -2.61. The SMILES string of the molecule is C=C(C=CC=C(CO)[C@H]1CC[C@]2([C@@H]1O)[C@H]1C(=C(C)C=O)[C@@H](C=C[C@H]1CCO)C[C@]2(O)CCNC)[C@H]1Cc2cccc(c2)C[C@H](C)N[C@@H](O)C2=C[C@H]1CCC2. The normalized spacial score (nSPS) is 37.8. The van der Waals surface area contributed by atoms with Crippen LogP contribution in [0.5, 0.6) is 0 Å². The summed E-state index contributed by atoms with van der Waals surface area (Å²) in [6.07, 6.45) is 18.6. The molecule has 1 aliphatic heterocycles. The quantitative estimate of drug-likeness (QED) is 0.0705. The number of aliphatic hydroxyl groups excluding tert-OH is 4. The Bertz CT molecular complexity index is 1680. The van der Waals surface area contributed by atoms with Gasteiger partial charge >= 0.3 is 0 Å². The van der Waals surface area contributed by atoms with E-state index in [0.29, 0.717) is 49.8 Å². The molecule has 1 aromatic rings. The number of hydrogen-bond donors (Lipinski definition) is 7. The average molecular weight is 741 g/mol. The van der Waals surface area contributed by atoms with E-state index in [0.717, 1.165) is 55.1 Å². The van der Waals surface area contributed by atoms with Gasteiger partial charge in [-0.05, 0) is 143 Å². The summed E-state index contributed by atoms with van der Waals surface area (Å²) >= 11 is 0. The molecule has 0 saturated heterocycles. The van der Waals surface area contributed by atoms with Crippen LogP contribution in [0.3, 0.4) is 0 Å². The van der Waals surface area contributed by atoms with Crippen molar-refractivity contribution in [1.29, 1.82) is 0 Å². The molecule has 0 aromatic heterocycles. The standard InChI is InChI=1S/C46H64N2O6/c1-29(40-24-33-10-6-9-32(23-33)22-31(3)48-44(53)36-12-7-11-35(40)25-36)8-5-13-38(28-51)39-16-18-46(43(39)52)42-34(17-21-49)14-15-37(41(42)30(2)27-50)26-45(46,54)19-20-47-4/h5-6,8-10,13-15,23,25,27,31,34-35,37,39-40,42-44,47-49,51-54H,1,7,11-12,16-22,24,26,28H2,2-4H3/t31-,34-,35+,37-,39+,40+,42+,43+,44-,45+,46+/m0/s1.